The lowest BCUT2D eigenvalue weighted by Gasteiger charge is -2.37. The highest BCUT2D eigenvalue weighted by molar-refractivity contribution is 6.31. The lowest BCUT2D eigenvalue weighted by atomic mass is 9.91. The summed E-state index contributed by atoms with van der Waals surface area (Å²) in [4.78, 5) is 0. The average Bonchev–Trinajstić information content (AvgIpc) is 2.81. The molecule has 4 N–H and O–H groups in total. The van der Waals surface area contributed by atoms with E-state index in [1.54, 1.807) is 12.1 Å². The normalized spacial score (nSPS) is 27.8. The summed E-state index contributed by atoms with van der Waals surface area (Å²) in [6.07, 6.45) is 2.13. The van der Waals surface area contributed by atoms with Crippen molar-refractivity contribution in [3.63, 3.8) is 0 Å². The highest BCUT2D eigenvalue weighted by atomic mass is 35.5. The number of ether oxygens (including phenoxy) is 2. The largest absolute Gasteiger partial charge is 0.512 e. The summed E-state index contributed by atoms with van der Waals surface area (Å²) in [6, 6.07) is 13.2. The Balaban J connectivity index is 1.48. The highest BCUT2D eigenvalue weighted by Gasteiger charge is 2.42. The van der Waals surface area contributed by atoms with Crippen LogP contribution in [0.3, 0.4) is 0 Å². The molecule has 1 saturated heterocycles. The Morgan fingerprint density at radius 1 is 0.969 bits per heavy atom. The van der Waals surface area contributed by atoms with E-state index in [1.165, 1.54) is 19.3 Å². The van der Waals surface area contributed by atoms with Crippen molar-refractivity contribution >= 4 is 11.6 Å². The van der Waals surface area contributed by atoms with Crippen LogP contribution >= 0.6 is 11.6 Å². The van der Waals surface area contributed by atoms with Gasteiger partial charge in [-0.05, 0) is 67.0 Å². The summed E-state index contributed by atoms with van der Waals surface area (Å²) in [5.74, 6) is 0.674. The molecule has 0 aromatic heterocycles. The number of halogens is 1. The first-order chi connectivity index (χ1) is 15.5. The predicted octanol–water partition coefficient (Wildman–Crippen LogP) is 4.20. The first-order valence-corrected chi connectivity index (χ1v) is 11.4. The lowest BCUT2D eigenvalue weighted by Crippen LogP contribution is -2.47. The van der Waals surface area contributed by atoms with Crippen LogP contribution in [0.2, 0.25) is 5.02 Å². The van der Waals surface area contributed by atoms with E-state index < -0.39 is 24.4 Å². The third-order valence-electron chi connectivity index (χ3n) is 6.24. The van der Waals surface area contributed by atoms with Crippen LogP contribution in [0.25, 0.3) is 0 Å². The Kier molecular flexibility index (Phi) is 7.26. The summed E-state index contributed by atoms with van der Waals surface area (Å²) < 4.78 is 11.6. The molecule has 1 saturated carbocycles. The number of aliphatic hydroxyl groups is 4. The zero-order valence-electron chi connectivity index (χ0n) is 17.7. The molecular weight excluding hydrogens is 432 g/mol. The summed E-state index contributed by atoms with van der Waals surface area (Å²) >= 11 is 6.42. The van der Waals surface area contributed by atoms with E-state index in [1.807, 2.05) is 30.3 Å². The lowest BCUT2D eigenvalue weighted by molar-refractivity contribution is -0.159. The van der Waals surface area contributed by atoms with Crippen LogP contribution in [0.5, 0.6) is 5.75 Å². The van der Waals surface area contributed by atoms with Gasteiger partial charge in [0.05, 0.1) is 6.10 Å². The van der Waals surface area contributed by atoms with E-state index in [0.717, 1.165) is 29.7 Å². The highest BCUT2D eigenvalue weighted by Crippen LogP contribution is 2.36. The minimum atomic E-state index is -1.49. The zero-order valence-corrected chi connectivity index (χ0v) is 18.5. The van der Waals surface area contributed by atoms with Gasteiger partial charge in [-0.1, -0.05) is 42.3 Å². The van der Waals surface area contributed by atoms with Crippen molar-refractivity contribution in [2.24, 2.45) is 0 Å². The molecule has 2 fully saturated rings. The van der Waals surface area contributed by atoms with E-state index in [9.17, 15) is 20.4 Å². The van der Waals surface area contributed by atoms with E-state index in [-0.39, 0.29) is 5.76 Å². The molecule has 0 bridgehead atoms. The molecule has 0 amide bonds. The first-order valence-electron chi connectivity index (χ1n) is 11.1. The van der Waals surface area contributed by atoms with Crippen molar-refractivity contribution in [3.05, 3.63) is 76.2 Å². The Hall–Kier alpha value is -2.25. The molecule has 0 unspecified atom stereocenters. The molecule has 1 aliphatic carbocycles. The molecular formula is C25H29ClO6. The molecule has 4 atom stereocenters. The van der Waals surface area contributed by atoms with Gasteiger partial charge >= 0.3 is 0 Å². The Morgan fingerprint density at radius 3 is 2.38 bits per heavy atom. The second-order valence-corrected chi connectivity index (χ2v) is 8.95. The summed E-state index contributed by atoms with van der Waals surface area (Å²) in [7, 11) is 0. The van der Waals surface area contributed by atoms with Crippen LogP contribution in [0.1, 0.15) is 54.9 Å². The van der Waals surface area contributed by atoms with Crippen LogP contribution < -0.4 is 4.74 Å². The maximum atomic E-state index is 10.4. The molecule has 7 heteroatoms. The minimum Gasteiger partial charge on any atom is -0.512 e. The number of hydrogen-bond acceptors (Lipinski definition) is 6. The summed E-state index contributed by atoms with van der Waals surface area (Å²) in [5, 5.41) is 40.3. The third kappa shape index (κ3) is 5.04. The van der Waals surface area contributed by atoms with Crippen molar-refractivity contribution in [3.8, 4) is 5.75 Å². The van der Waals surface area contributed by atoms with Gasteiger partial charge in [0.2, 0.25) is 0 Å². The maximum absolute atomic E-state index is 10.4. The van der Waals surface area contributed by atoms with Gasteiger partial charge < -0.3 is 29.9 Å². The molecule has 32 heavy (non-hydrogen) atoms. The van der Waals surface area contributed by atoms with Crippen LogP contribution in [0.4, 0.5) is 0 Å². The fourth-order valence-electron chi connectivity index (χ4n) is 4.38. The number of hydrogen-bond donors (Lipinski definition) is 4. The quantitative estimate of drug-likeness (QED) is 0.499. The van der Waals surface area contributed by atoms with Gasteiger partial charge in [0.1, 0.15) is 30.3 Å². The van der Waals surface area contributed by atoms with Crippen LogP contribution in [0, 0.1) is 0 Å². The van der Waals surface area contributed by atoms with Gasteiger partial charge in [-0.15, -0.1) is 0 Å². The second kappa shape index (κ2) is 10.1. The average molecular weight is 461 g/mol. The summed E-state index contributed by atoms with van der Waals surface area (Å²) in [5.41, 5.74) is 2.46. The van der Waals surface area contributed by atoms with Gasteiger partial charge in [-0.25, -0.2) is 0 Å². The SMILES string of the molecule is O/C=C1/O[C@@H](c2ccc(Cl)c(Cc3ccc(OC4CCCCC4)cc3)c2)[C@H](O)[C@@H](O)[C@@H]1O. The molecule has 0 spiro atoms. The predicted molar refractivity (Wildman–Crippen MR) is 121 cm³/mol. The topological polar surface area (TPSA) is 99.4 Å². The minimum absolute atomic E-state index is 0.196. The number of aliphatic hydroxyl groups excluding tert-OH is 4. The zero-order chi connectivity index (χ0) is 22.7. The second-order valence-electron chi connectivity index (χ2n) is 8.55. The molecule has 1 aliphatic heterocycles. The smallest absolute Gasteiger partial charge is 0.162 e. The maximum Gasteiger partial charge on any atom is 0.162 e. The number of rotatable bonds is 5. The fraction of sp³-hybridized carbons (Fsp3) is 0.440. The van der Waals surface area contributed by atoms with Crippen molar-refractivity contribution < 1.29 is 29.9 Å². The Bertz CT molecular complexity index is 938. The van der Waals surface area contributed by atoms with Crippen molar-refractivity contribution in [1.29, 1.82) is 0 Å². The molecule has 1 heterocycles. The van der Waals surface area contributed by atoms with E-state index >= 15 is 0 Å². The van der Waals surface area contributed by atoms with Gasteiger partial charge in [0.25, 0.3) is 0 Å². The van der Waals surface area contributed by atoms with Gasteiger partial charge in [0.15, 0.2) is 11.9 Å². The molecule has 0 radical (unpaired) electrons. The van der Waals surface area contributed by atoms with E-state index in [4.69, 9.17) is 21.1 Å². The Morgan fingerprint density at radius 2 is 1.69 bits per heavy atom. The first kappa shape index (κ1) is 22.9. The molecule has 2 aromatic carbocycles. The van der Waals surface area contributed by atoms with Crippen LogP contribution in [-0.4, -0.2) is 44.8 Å². The van der Waals surface area contributed by atoms with Crippen molar-refractivity contribution in [2.45, 2.75) is 69.0 Å². The molecule has 2 aromatic rings. The van der Waals surface area contributed by atoms with Gasteiger partial charge in [-0.3, -0.25) is 0 Å². The molecule has 2 aliphatic rings. The number of benzene rings is 2. The van der Waals surface area contributed by atoms with Crippen LogP contribution in [-0.2, 0) is 11.2 Å². The van der Waals surface area contributed by atoms with E-state index in [2.05, 4.69) is 0 Å². The van der Waals surface area contributed by atoms with Gasteiger partial charge in [-0.2, -0.15) is 0 Å². The van der Waals surface area contributed by atoms with Crippen LogP contribution in [0.15, 0.2) is 54.5 Å². The molecule has 4 rings (SSSR count). The van der Waals surface area contributed by atoms with Crippen molar-refractivity contribution in [1.82, 2.24) is 0 Å². The fourth-order valence-corrected chi connectivity index (χ4v) is 4.56. The standard InChI is InChI=1S/C25H29ClO6/c26-20-11-8-16(25-24(30)23(29)22(28)21(14-27)32-25)13-17(20)12-15-6-9-19(10-7-15)31-18-4-2-1-3-5-18/h6-11,13-14,18,22-25,27-30H,1-5,12H2/b21-14+/t22-,23+,24-,25+/m1/s1. The molecule has 6 nitrogen and oxygen atoms in total. The van der Waals surface area contributed by atoms with Gasteiger partial charge in [0, 0.05) is 5.02 Å². The van der Waals surface area contributed by atoms with E-state index in [0.29, 0.717) is 29.4 Å². The monoisotopic (exact) mass is 460 g/mol. The third-order valence-corrected chi connectivity index (χ3v) is 6.61. The molecule has 172 valence electrons. The van der Waals surface area contributed by atoms with Crippen molar-refractivity contribution in [2.75, 3.05) is 0 Å². The summed E-state index contributed by atoms with van der Waals surface area (Å²) in [6.45, 7) is 0. The Labute approximate surface area is 192 Å².